The van der Waals surface area contributed by atoms with Crippen molar-refractivity contribution in [3.8, 4) is 5.75 Å². The number of aliphatic carboxylic acids is 1. The number of carbonyl (C=O) groups is 1. The van der Waals surface area contributed by atoms with E-state index in [0.29, 0.717) is 10.8 Å². The third-order valence-corrected chi connectivity index (χ3v) is 2.31. The van der Waals surface area contributed by atoms with Crippen molar-refractivity contribution >= 4 is 23.6 Å². The molecular formula is C12H13ClO3. The Morgan fingerprint density at radius 3 is 2.75 bits per heavy atom. The lowest BCUT2D eigenvalue weighted by atomic mass is 10.1. The molecule has 1 aromatic carbocycles. The molecule has 0 amide bonds. The molecule has 4 heteroatoms. The number of halogens is 1. The van der Waals surface area contributed by atoms with E-state index < -0.39 is 5.97 Å². The average Bonchev–Trinajstić information content (AvgIpc) is 2.16. The van der Waals surface area contributed by atoms with Crippen LogP contribution in [0.5, 0.6) is 5.75 Å². The fourth-order valence-corrected chi connectivity index (χ4v) is 1.61. The Kier molecular flexibility index (Phi) is 4.38. The van der Waals surface area contributed by atoms with Gasteiger partial charge in [-0.1, -0.05) is 29.3 Å². The molecule has 86 valence electrons. The molecule has 0 atom stereocenters. The van der Waals surface area contributed by atoms with Gasteiger partial charge in [0.15, 0.2) is 0 Å². The van der Waals surface area contributed by atoms with Gasteiger partial charge in [0.05, 0.1) is 18.6 Å². The summed E-state index contributed by atoms with van der Waals surface area (Å²) >= 11 is 5.95. The molecule has 0 aliphatic heterocycles. The van der Waals surface area contributed by atoms with Gasteiger partial charge in [0.2, 0.25) is 0 Å². The summed E-state index contributed by atoms with van der Waals surface area (Å²) in [5, 5.41) is 9.13. The molecule has 0 aromatic heterocycles. The van der Waals surface area contributed by atoms with Gasteiger partial charge in [-0.2, -0.15) is 0 Å². The maximum Gasteiger partial charge on any atom is 0.307 e. The molecule has 0 bridgehead atoms. The Morgan fingerprint density at radius 2 is 2.25 bits per heavy atom. The zero-order valence-corrected chi connectivity index (χ0v) is 9.91. The number of rotatable bonds is 4. The molecule has 0 fully saturated rings. The van der Waals surface area contributed by atoms with Crippen molar-refractivity contribution in [3.63, 3.8) is 0 Å². The SMILES string of the molecule is COc1ccc(C=C(C)CC(=O)O)cc1Cl. The lowest BCUT2D eigenvalue weighted by Gasteiger charge is -2.04. The van der Waals surface area contributed by atoms with Crippen molar-refractivity contribution in [3.05, 3.63) is 34.4 Å². The molecule has 1 N–H and O–H groups in total. The van der Waals surface area contributed by atoms with Crippen LogP contribution in [0.15, 0.2) is 23.8 Å². The van der Waals surface area contributed by atoms with Gasteiger partial charge < -0.3 is 9.84 Å². The van der Waals surface area contributed by atoms with Gasteiger partial charge in [-0.25, -0.2) is 0 Å². The topological polar surface area (TPSA) is 46.5 Å². The van der Waals surface area contributed by atoms with Crippen LogP contribution in [-0.2, 0) is 4.79 Å². The standard InChI is InChI=1S/C12H13ClO3/c1-8(6-12(14)15)5-9-3-4-11(16-2)10(13)7-9/h3-5,7H,6H2,1-2H3,(H,14,15). The normalized spacial score (nSPS) is 11.3. The van der Waals surface area contributed by atoms with E-state index in [-0.39, 0.29) is 6.42 Å². The van der Waals surface area contributed by atoms with Gasteiger partial charge in [0.25, 0.3) is 0 Å². The van der Waals surface area contributed by atoms with Crippen molar-refractivity contribution in [1.82, 2.24) is 0 Å². The largest absolute Gasteiger partial charge is 0.495 e. The van der Waals surface area contributed by atoms with E-state index in [1.165, 1.54) is 0 Å². The van der Waals surface area contributed by atoms with Crippen LogP contribution in [0, 0.1) is 0 Å². The van der Waals surface area contributed by atoms with Gasteiger partial charge >= 0.3 is 5.97 Å². The Hall–Kier alpha value is -1.48. The molecule has 0 saturated carbocycles. The molecule has 0 saturated heterocycles. The van der Waals surface area contributed by atoms with Crippen LogP contribution >= 0.6 is 11.6 Å². The minimum atomic E-state index is -0.839. The first-order valence-corrected chi connectivity index (χ1v) is 5.13. The Morgan fingerprint density at radius 1 is 1.56 bits per heavy atom. The first kappa shape index (κ1) is 12.6. The van der Waals surface area contributed by atoms with E-state index in [1.54, 1.807) is 32.2 Å². The van der Waals surface area contributed by atoms with Crippen molar-refractivity contribution in [2.24, 2.45) is 0 Å². The average molecular weight is 241 g/mol. The zero-order valence-electron chi connectivity index (χ0n) is 9.16. The lowest BCUT2D eigenvalue weighted by Crippen LogP contribution is -1.94. The van der Waals surface area contributed by atoms with E-state index >= 15 is 0 Å². The number of carboxylic acid groups (broad SMARTS) is 1. The highest BCUT2D eigenvalue weighted by molar-refractivity contribution is 6.32. The van der Waals surface area contributed by atoms with Gasteiger partial charge in [-0.3, -0.25) is 4.79 Å². The third-order valence-electron chi connectivity index (χ3n) is 2.02. The minimum Gasteiger partial charge on any atom is -0.495 e. The maximum atomic E-state index is 10.5. The molecule has 0 spiro atoms. The van der Waals surface area contributed by atoms with Crippen LogP contribution in [0.2, 0.25) is 5.02 Å². The molecule has 0 aliphatic carbocycles. The number of hydrogen-bond donors (Lipinski definition) is 1. The van der Waals surface area contributed by atoms with Crippen LogP contribution in [0.4, 0.5) is 0 Å². The van der Waals surface area contributed by atoms with Crippen molar-refractivity contribution in [2.75, 3.05) is 7.11 Å². The summed E-state index contributed by atoms with van der Waals surface area (Å²) in [6.07, 6.45) is 1.82. The minimum absolute atomic E-state index is 0.0314. The molecule has 1 aromatic rings. The number of benzene rings is 1. The summed E-state index contributed by atoms with van der Waals surface area (Å²) in [7, 11) is 1.55. The number of ether oxygens (including phenoxy) is 1. The van der Waals surface area contributed by atoms with Crippen LogP contribution in [0.1, 0.15) is 18.9 Å². The Bertz CT molecular complexity index is 424. The Balaban J connectivity index is 2.89. The second-order valence-corrected chi connectivity index (χ2v) is 3.86. The van der Waals surface area contributed by atoms with E-state index in [0.717, 1.165) is 11.1 Å². The maximum absolute atomic E-state index is 10.5. The molecule has 0 aliphatic rings. The van der Waals surface area contributed by atoms with Gasteiger partial charge in [-0.05, 0) is 24.6 Å². The summed E-state index contributed by atoms with van der Waals surface area (Å²) in [5.74, 6) is -0.233. The van der Waals surface area contributed by atoms with Crippen LogP contribution in [-0.4, -0.2) is 18.2 Å². The zero-order chi connectivity index (χ0) is 12.1. The van der Waals surface area contributed by atoms with Crippen LogP contribution in [0.25, 0.3) is 6.08 Å². The van der Waals surface area contributed by atoms with E-state index in [1.807, 2.05) is 6.07 Å². The van der Waals surface area contributed by atoms with E-state index in [9.17, 15) is 4.79 Å². The quantitative estimate of drug-likeness (QED) is 0.879. The smallest absolute Gasteiger partial charge is 0.307 e. The van der Waals surface area contributed by atoms with Gasteiger partial charge in [0.1, 0.15) is 5.75 Å². The van der Waals surface area contributed by atoms with Gasteiger partial charge in [0, 0.05) is 0 Å². The third kappa shape index (κ3) is 3.59. The summed E-state index contributed by atoms with van der Waals surface area (Å²) in [5.41, 5.74) is 1.64. The molecule has 0 unspecified atom stereocenters. The predicted molar refractivity (Wildman–Crippen MR) is 63.9 cm³/mol. The molecular weight excluding hydrogens is 228 g/mol. The van der Waals surface area contributed by atoms with Crippen LogP contribution in [0.3, 0.4) is 0 Å². The summed E-state index contributed by atoms with van der Waals surface area (Å²) < 4.78 is 5.02. The highest BCUT2D eigenvalue weighted by Gasteiger charge is 2.02. The summed E-state index contributed by atoms with van der Waals surface area (Å²) in [4.78, 5) is 10.5. The lowest BCUT2D eigenvalue weighted by molar-refractivity contribution is -0.136. The van der Waals surface area contributed by atoms with E-state index in [2.05, 4.69) is 0 Å². The summed E-state index contributed by atoms with van der Waals surface area (Å²) in [6.45, 7) is 1.77. The first-order chi connectivity index (χ1) is 7.52. The number of carboxylic acids is 1. The highest BCUT2D eigenvalue weighted by atomic mass is 35.5. The van der Waals surface area contributed by atoms with Crippen molar-refractivity contribution in [1.29, 1.82) is 0 Å². The Labute approximate surface area is 99.3 Å². The van der Waals surface area contributed by atoms with Crippen molar-refractivity contribution in [2.45, 2.75) is 13.3 Å². The molecule has 16 heavy (non-hydrogen) atoms. The second-order valence-electron chi connectivity index (χ2n) is 3.46. The summed E-state index contributed by atoms with van der Waals surface area (Å²) in [6, 6.07) is 5.32. The second kappa shape index (κ2) is 5.56. The van der Waals surface area contributed by atoms with Gasteiger partial charge in [-0.15, -0.1) is 0 Å². The highest BCUT2D eigenvalue weighted by Crippen LogP contribution is 2.26. The van der Waals surface area contributed by atoms with E-state index in [4.69, 9.17) is 21.4 Å². The first-order valence-electron chi connectivity index (χ1n) is 4.75. The molecule has 3 nitrogen and oxygen atoms in total. The number of methoxy groups -OCH3 is 1. The fraction of sp³-hybridized carbons (Fsp3) is 0.250. The molecule has 1 rings (SSSR count). The fourth-order valence-electron chi connectivity index (χ4n) is 1.35. The monoisotopic (exact) mass is 240 g/mol. The van der Waals surface area contributed by atoms with Crippen molar-refractivity contribution < 1.29 is 14.6 Å². The molecule has 0 heterocycles. The predicted octanol–water partition coefficient (Wildman–Crippen LogP) is 3.23. The molecule has 0 radical (unpaired) electrons. The van der Waals surface area contributed by atoms with Crippen LogP contribution < -0.4 is 4.74 Å². The number of hydrogen-bond acceptors (Lipinski definition) is 2.